The summed E-state index contributed by atoms with van der Waals surface area (Å²) in [6.45, 7) is 3.85. The summed E-state index contributed by atoms with van der Waals surface area (Å²) in [7, 11) is 1.43. The highest BCUT2D eigenvalue weighted by Crippen LogP contribution is 2.26. The highest BCUT2D eigenvalue weighted by molar-refractivity contribution is 5.73. The number of benzene rings is 1. The van der Waals surface area contributed by atoms with Crippen molar-refractivity contribution in [2.24, 2.45) is 5.92 Å². The second kappa shape index (κ2) is 6.11. The third-order valence-electron chi connectivity index (χ3n) is 2.70. The molecule has 1 aromatic carbocycles. The van der Waals surface area contributed by atoms with Crippen LogP contribution in [0.25, 0.3) is 0 Å². The van der Waals surface area contributed by atoms with Gasteiger partial charge in [0.25, 0.3) is 0 Å². The minimum absolute atomic E-state index is 0.0821. The Balaban J connectivity index is 2.96. The summed E-state index contributed by atoms with van der Waals surface area (Å²) in [5.41, 5.74) is 1.14. The largest absolute Gasteiger partial charge is 0.469 e. The molecular formula is C14H18O2. The molecule has 0 radical (unpaired) electrons. The van der Waals surface area contributed by atoms with E-state index in [0.29, 0.717) is 0 Å². The van der Waals surface area contributed by atoms with E-state index in [-0.39, 0.29) is 17.8 Å². The van der Waals surface area contributed by atoms with Crippen LogP contribution in [0.2, 0.25) is 0 Å². The average Bonchev–Trinajstić information content (AvgIpc) is 2.35. The van der Waals surface area contributed by atoms with E-state index in [9.17, 15) is 4.79 Å². The first-order chi connectivity index (χ1) is 7.70. The van der Waals surface area contributed by atoms with Gasteiger partial charge < -0.3 is 4.74 Å². The van der Waals surface area contributed by atoms with Gasteiger partial charge in [0.15, 0.2) is 0 Å². The molecule has 0 amide bonds. The molecule has 2 nitrogen and oxygen atoms in total. The summed E-state index contributed by atoms with van der Waals surface area (Å²) < 4.78 is 4.79. The van der Waals surface area contributed by atoms with Gasteiger partial charge in [0.1, 0.15) is 0 Å². The average molecular weight is 218 g/mol. The number of hydrogen-bond donors (Lipinski definition) is 0. The van der Waals surface area contributed by atoms with Crippen molar-refractivity contribution in [1.29, 1.82) is 0 Å². The molecule has 2 atom stereocenters. The molecule has 1 rings (SSSR count). The Labute approximate surface area is 96.9 Å². The van der Waals surface area contributed by atoms with Crippen molar-refractivity contribution >= 4 is 5.97 Å². The quantitative estimate of drug-likeness (QED) is 0.573. The lowest BCUT2D eigenvalue weighted by Crippen LogP contribution is -2.19. The highest BCUT2D eigenvalue weighted by Gasteiger charge is 2.23. The fourth-order valence-electron chi connectivity index (χ4n) is 1.78. The normalized spacial score (nSPS) is 14.7. The Bertz CT molecular complexity index is 354. The second-order valence-electron chi connectivity index (χ2n) is 3.77. The lowest BCUT2D eigenvalue weighted by molar-refractivity contribution is -0.145. The predicted molar refractivity (Wildman–Crippen MR) is 65.2 cm³/mol. The van der Waals surface area contributed by atoms with Gasteiger partial charge in [-0.1, -0.05) is 49.4 Å². The molecule has 0 saturated heterocycles. The number of carbonyl (C=O) groups excluding carboxylic acids is 1. The molecule has 2 heteroatoms. The van der Waals surface area contributed by atoms with Crippen LogP contribution in [0, 0.1) is 5.92 Å². The van der Waals surface area contributed by atoms with Crippen LogP contribution >= 0.6 is 0 Å². The number of rotatable bonds is 4. The molecule has 16 heavy (non-hydrogen) atoms. The van der Waals surface area contributed by atoms with Crippen molar-refractivity contribution < 1.29 is 9.53 Å². The SMILES string of the molecule is C/C=C/C(c1ccccc1)C(C)C(=O)OC. The van der Waals surface area contributed by atoms with Crippen LogP contribution in [0.5, 0.6) is 0 Å². The van der Waals surface area contributed by atoms with Crippen LogP contribution in [-0.4, -0.2) is 13.1 Å². The predicted octanol–water partition coefficient (Wildman–Crippen LogP) is 3.16. The van der Waals surface area contributed by atoms with Gasteiger partial charge in [-0.05, 0) is 12.5 Å². The Morgan fingerprint density at radius 2 is 1.94 bits per heavy atom. The zero-order valence-electron chi connectivity index (χ0n) is 10.0. The fourth-order valence-corrected chi connectivity index (χ4v) is 1.78. The summed E-state index contributed by atoms with van der Waals surface area (Å²) in [5, 5.41) is 0. The Morgan fingerprint density at radius 1 is 1.31 bits per heavy atom. The number of allylic oxidation sites excluding steroid dienone is 2. The zero-order valence-corrected chi connectivity index (χ0v) is 10.0. The van der Waals surface area contributed by atoms with E-state index in [2.05, 4.69) is 0 Å². The third kappa shape index (κ3) is 2.96. The minimum atomic E-state index is -0.174. The lowest BCUT2D eigenvalue weighted by atomic mass is 9.87. The Morgan fingerprint density at radius 3 is 2.44 bits per heavy atom. The fraction of sp³-hybridized carbons (Fsp3) is 0.357. The van der Waals surface area contributed by atoms with Crippen molar-refractivity contribution in [3.8, 4) is 0 Å². The molecule has 0 fully saturated rings. The van der Waals surface area contributed by atoms with E-state index in [1.807, 2.05) is 56.3 Å². The van der Waals surface area contributed by atoms with Crippen molar-refractivity contribution in [3.05, 3.63) is 48.0 Å². The van der Waals surface area contributed by atoms with Gasteiger partial charge in [0.05, 0.1) is 13.0 Å². The van der Waals surface area contributed by atoms with Crippen molar-refractivity contribution in [1.82, 2.24) is 0 Å². The molecule has 0 aliphatic carbocycles. The summed E-state index contributed by atoms with van der Waals surface area (Å²) in [4.78, 5) is 11.5. The van der Waals surface area contributed by atoms with Crippen LogP contribution in [0.3, 0.4) is 0 Å². The molecule has 0 bridgehead atoms. The van der Waals surface area contributed by atoms with E-state index in [1.165, 1.54) is 7.11 Å². The maximum Gasteiger partial charge on any atom is 0.309 e. The van der Waals surface area contributed by atoms with Gasteiger partial charge in [-0.15, -0.1) is 0 Å². The molecule has 0 aliphatic rings. The molecule has 0 heterocycles. The topological polar surface area (TPSA) is 26.3 Å². The van der Waals surface area contributed by atoms with Crippen LogP contribution in [0.4, 0.5) is 0 Å². The second-order valence-corrected chi connectivity index (χ2v) is 3.77. The molecular weight excluding hydrogens is 200 g/mol. The lowest BCUT2D eigenvalue weighted by Gasteiger charge is -2.19. The number of methoxy groups -OCH3 is 1. The highest BCUT2D eigenvalue weighted by atomic mass is 16.5. The van der Waals surface area contributed by atoms with Gasteiger partial charge in [0, 0.05) is 5.92 Å². The number of ether oxygens (including phenoxy) is 1. The van der Waals surface area contributed by atoms with Gasteiger partial charge in [-0.3, -0.25) is 4.79 Å². The molecule has 0 saturated carbocycles. The van der Waals surface area contributed by atoms with Crippen LogP contribution in [-0.2, 0) is 9.53 Å². The van der Waals surface area contributed by atoms with E-state index in [4.69, 9.17) is 4.74 Å². The van der Waals surface area contributed by atoms with Gasteiger partial charge in [-0.2, -0.15) is 0 Å². The maximum atomic E-state index is 11.5. The molecule has 2 unspecified atom stereocenters. The van der Waals surface area contributed by atoms with Gasteiger partial charge in [0.2, 0.25) is 0 Å². The minimum Gasteiger partial charge on any atom is -0.469 e. The first kappa shape index (κ1) is 12.5. The molecule has 1 aromatic rings. The van der Waals surface area contributed by atoms with Crippen LogP contribution < -0.4 is 0 Å². The van der Waals surface area contributed by atoms with E-state index >= 15 is 0 Å². The molecule has 0 spiro atoms. The van der Waals surface area contributed by atoms with E-state index in [1.54, 1.807) is 0 Å². The summed E-state index contributed by atoms with van der Waals surface area (Å²) in [5.74, 6) is -0.255. The number of esters is 1. The van der Waals surface area contributed by atoms with Crippen LogP contribution in [0.1, 0.15) is 25.3 Å². The zero-order chi connectivity index (χ0) is 12.0. The third-order valence-corrected chi connectivity index (χ3v) is 2.70. The number of carbonyl (C=O) groups is 1. The maximum absolute atomic E-state index is 11.5. The van der Waals surface area contributed by atoms with Gasteiger partial charge >= 0.3 is 5.97 Å². The Hall–Kier alpha value is -1.57. The van der Waals surface area contributed by atoms with Gasteiger partial charge in [-0.25, -0.2) is 0 Å². The Kier molecular flexibility index (Phi) is 4.77. The smallest absolute Gasteiger partial charge is 0.309 e. The standard InChI is InChI=1S/C14H18O2/c1-4-8-13(11(2)14(15)16-3)12-9-6-5-7-10-12/h4-11,13H,1-3H3/b8-4+. The first-order valence-corrected chi connectivity index (χ1v) is 5.46. The van der Waals surface area contributed by atoms with Crippen molar-refractivity contribution in [3.63, 3.8) is 0 Å². The van der Waals surface area contributed by atoms with Crippen molar-refractivity contribution in [2.45, 2.75) is 19.8 Å². The monoisotopic (exact) mass is 218 g/mol. The summed E-state index contributed by atoms with van der Waals surface area (Å²) in [6, 6.07) is 10.00. The molecule has 0 aliphatic heterocycles. The summed E-state index contributed by atoms with van der Waals surface area (Å²) >= 11 is 0. The number of hydrogen-bond acceptors (Lipinski definition) is 2. The van der Waals surface area contributed by atoms with Crippen LogP contribution in [0.15, 0.2) is 42.5 Å². The van der Waals surface area contributed by atoms with E-state index in [0.717, 1.165) is 5.56 Å². The van der Waals surface area contributed by atoms with E-state index < -0.39 is 0 Å². The van der Waals surface area contributed by atoms with Crippen molar-refractivity contribution in [2.75, 3.05) is 7.11 Å². The molecule has 0 aromatic heterocycles. The molecule has 0 N–H and O–H groups in total. The summed E-state index contributed by atoms with van der Waals surface area (Å²) in [6.07, 6.45) is 4.01. The molecule has 86 valence electrons. The first-order valence-electron chi connectivity index (χ1n) is 5.46.